The summed E-state index contributed by atoms with van der Waals surface area (Å²) in [5.74, 6) is 1.90. The molecule has 172 valence electrons. The minimum Gasteiger partial charge on any atom is -0.616 e. The molecule has 2 aliphatic rings. The first-order valence-electron chi connectivity index (χ1n) is 11.3. The number of aromatic nitrogens is 3. The Morgan fingerprint density at radius 2 is 2.15 bits per heavy atom. The number of rotatable bonds is 7. The fourth-order valence-electron chi connectivity index (χ4n) is 4.33. The summed E-state index contributed by atoms with van der Waals surface area (Å²) in [4.78, 5) is 6.94. The zero-order valence-electron chi connectivity index (χ0n) is 18.6. The van der Waals surface area contributed by atoms with Gasteiger partial charge in [0.25, 0.3) is 0 Å². The van der Waals surface area contributed by atoms with Gasteiger partial charge < -0.3 is 25.8 Å². The van der Waals surface area contributed by atoms with Crippen molar-refractivity contribution in [1.29, 1.82) is 5.26 Å². The van der Waals surface area contributed by atoms with Crippen LogP contribution in [0.2, 0.25) is 0 Å². The van der Waals surface area contributed by atoms with Gasteiger partial charge in [-0.15, -0.1) is 0 Å². The van der Waals surface area contributed by atoms with Gasteiger partial charge in [0.1, 0.15) is 29.0 Å². The van der Waals surface area contributed by atoms with E-state index in [0.29, 0.717) is 28.8 Å². The van der Waals surface area contributed by atoms with Gasteiger partial charge >= 0.3 is 0 Å². The Morgan fingerprint density at radius 1 is 1.30 bits per heavy atom. The van der Waals surface area contributed by atoms with Gasteiger partial charge in [-0.1, -0.05) is 11.2 Å². The van der Waals surface area contributed by atoms with Gasteiger partial charge in [0.05, 0.1) is 12.5 Å². The average molecular weight is 465 g/mol. The van der Waals surface area contributed by atoms with E-state index in [-0.39, 0.29) is 6.04 Å². The van der Waals surface area contributed by atoms with E-state index in [4.69, 9.17) is 5.73 Å². The van der Waals surface area contributed by atoms with Crippen molar-refractivity contribution >= 4 is 39.8 Å². The highest BCUT2D eigenvalue weighted by molar-refractivity contribution is 7.89. The van der Waals surface area contributed by atoms with Crippen LogP contribution in [0, 0.1) is 11.3 Å². The number of nitrogens with zero attached hydrogens (tertiary/aromatic N) is 5. The largest absolute Gasteiger partial charge is 0.616 e. The van der Waals surface area contributed by atoms with Crippen molar-refractivity contribution in [3.63, 3.8) is 0 Å². The van der Waals surface area contributed by atoms with Crippen molar-refractivity contribution in [3.05, 3.63) is 41.6 Å². The normalized spacial score (nSPS) is 19.3. The highest BCUT2D eigenvalue weighted by atomic mass is 32.2. The highest BCUT2D eigenvalue weighted by Gasteiger charge is 2.24. The molecule has 2 aromatic heterocycles. The number of fused-ring (bicyclic) bond motifs is 1. The number of piperidine rings is 1. The molecule has 3 aromatic rings. The van der Waals surface area contributed by atoms with E-state index in [1.165, 1.54) is 6.20 Å². The van der Waals surface area contributed by atoms with E-state index < -0.39 is 11.2 Å². The Labute approximate surface area is 196 Å². The summed E-state index contributed by atoms with van der Waals surface area (Å²) in [6, 6.07) is 10.8. The molecule has 1 saturated heterocycles. The number of nitrogens with two attached hydrogens (primary N) is 1. The van der Waals surface area contributed by atoms with Crippen molar-refractivity contribution in [2.75, 3.05) is 34.9 Å². The molecule has 0 amide bonds. The van der Waals surface area contributed by atoms with Crippen LogP contribution in [0.15, 0.2) is 30.5 Å². The Bertz CT molecular complexity index is 1200. The van der Waals surface area contributed by atoms with E-state index in [1.807, 2.05) is 18.2 Å². The van der Waals surface area contributed by atoms with Crippen LogP contribution in [0.3, 0.4) is 0 Å². The third-order valence-electron chi connectivity index (χ3n) is 6.03. The molecule has 1 unspecified atom stereocenters. The third-order valence-corrected chi connectivity index (χ3v) is 6.75. The zero-order valence-corrected chi connectivity index (χ0v) is 19.4. The van der Waals surface area contributed by atoms with Crippen LogP contribution in [0.1, 0.15) is 36.8 Å². The predicted octanol–water partition coefficient (Wildman–Crippen LogP) is 2.72. The molecule has 1 saturated carbocycles. The van der Waals surface area contributed by atoms with Crippen molar-refractivity contribution in [2.24, 2.45) is 5.73 Å². The monoisotopic (exact) mass is 464 g/mol. The number of hydrogen-bond donors (Lipinski definition) is 3. The van der Waals surface area contributed by atoms with Gasteiger partial charge in [0.15, 0.2) is 5.65 Å². The second-order valence-corrected chi connectivity index (χ2v) is 10.3. The van der Waals surface area contributed by atoms with E-state index in [9.17, 15) is 9.81 Å². The molecular formula is C23H28N8OS. The van der Waals surface area contributed by atoms with E-state index in [0.717, 1.165) is 61.5 Å². The summed E-state index contributed by atoms with van der Waals surface area (Å²) < 4.78 is 13.8. The second kappa shape index (κ2) is 9.09. The molecule has 9 nitrogen and oxygen atoms in total. The molecule has 10 heteroatoms. The summed E-state index contributed by atoms with van der Waals surface area (Å²) in [6.45, 7) is 1.76. The van der Waals surface area contributed by atoms with Crippen LogP contribution < -0.4 is 21.3 Å². The summed E-state index contributed by atoms with van der Waals surface area (Å²) in [5.41, 5.74) is 10.1. The van der Waals surface area contributed by atoms with E-state index in [2.05, 4.69) is 37.8 Å². The van der Waals surface area contributed by atoms with Crippen LogP contribution in [-0.2, 0) is 16.9 Å². The first-order chi connectivity index (χ1) is 16.0. The van der Waals surface area contributed by atoms with Crippen LogP contribution >= 0.6 is 0 Å². The van der Waals surface area contributed by atoms with Crippen molar-refractivity contribution < 1.29 is 4.55 Å². The fourth-order valence-corrected chi connectivity index (χ4v) is 5.00. The number of hydrogen-bond acceptors (Lipinski definition) is 8. The molecule has 4 N–H and O–H groups in total. The minimum atomic E-state index is -0.975. The number of benzene rings is 1. The smallest absolute Gasteiger partial charge is 0.177 e. The number of anilines is 4. The van der Waals surface area contributed by atoms with Crippen molar-refractivity contribution in [3.8, 4) is 6.07 Å². The third kappa shape index (κ3) is 4.85. The lowest BCUT2D eigenvalue weighted by atomic mass is 10.0. The average Bonchev–Trinajstić information content (AvgIpc) is 3.49. The van der Waals surface area contributed by atoms with Crippen molar-refractivity contribution in [1.82, 2.24) is 14.6 Å². The minimum absolute atomic E-state index is 0.162. The molecule has 33 heavy (non-hydrogen) atoms. The first-order valence-corrected chi connectivity index (χ1v) is 13.0. The highest BCUT2D eigenvalue weighted by Crippen LogP contribution is 2.31. The van der Waals surface area contributed by atoms with Gasteiger partial charge in [0.2, 0.25) is 0 Å². The van der Waals surface area contributed by atoms with Crippen LogP contribution in [0.25, 0.3) is 5.65 Å². The molecule has 2 atom stereocenters. The van der Waals surface area contributed by atoms with E-state index >= 15 is 0 Å². The van der Waals surface area contributed by atoms with E-state index in [1.54, 1.807) is 10.8 Å². The zero-order chi connectivity index (χ0) is 22.9. The maximum atomic E-state index is 12.1. The van der Waals surface area contributed by atoms with Gasteiger partial charge in [-0.05, 0) is 43.9 Å². The standard InChI is InChI=1S/C23H28N8OS/c1-33(32)14-15-9-19(6-7-20(15)30-8-2-3-17(25)13-30)27-21-10-22(28-18-4-5-18)31-23(29-21)16(11-24)12-26-31/h6-7,9-10,12,17-18,28H,2-5,8,13-14,25H2,1H3,(H,27,29)/t17-,33?/m1/s1. The maximum absolute atomic E-state index is 12.1. The summed E-state index contributed by atoms with van der Waals surface area (Å²) >= 11 is -0.975. The predicted molar refractivity (Wildman–Crippen MR) is 131 cm³/mol. The topological polar surface area (TPSA) is 130 Å². The molecule has 3 heterocycles. The lowest BCUT2D eigenvalue weighted by Gasteiger charge is -2.34. The molecular weight excluding hydrogens is 436 g/mol. The van der Waals surface area contributed by atoms with Crippen molar-refractivity contribution in [2.45, 2.75) is 43.5 Å². The molecule has 1 aliphatic heterocycles. The molecule has 0 radical (unpaired) electrons. The number of nitriles is 1. The lowest BCUT2D eigenvalue weighted by molar-refractivity contribution is 0.505. The Hall–Kier alpha value is -3.00. The molecule has 5 rings (SSSR count). The lowest BCUT2D eigenvalue weighted by Crippen LogP contribution is -2.43. The Balaban J connectivity index is 1.47. The van der Waals surface area contributed by atoms with Gasteiger partial charge in [-0.3, -0.25) is 0 Å². The van der Waals surface area contributed by atoms with Crippen LogP contribution in [0.4, 0.5) is 23.0 Å². The van der Waals surface area contributed by atoms with Crippen LogP contribution in [0.5, 0.6) is 0 Å². The van der Waals surface area contributed by atoms with Gasteiger partial charge in [-0.2, -0.15) is 14.9 Å². The molecule has 2 fully saturated rings. The molecule has 0 spiro atoms. The molecule has 0 bridgehead atoms. The Kier molecular flexibility index (Phi) is 6.01. The molecule has 1 aromatic carbocycles. The Morgan fingerprint density at radius 3 is 2.88 bits per heavy atom. The molecule has 1 aliphatic carbocycles. The first kappa shape index (κ1) is 21.8. The van der Waals surface area contributed by atoms with Gasteiger partial charge in [0, 0.05) is 48.2 Å². The summed E-state index contributed by atoms with van der Waals surface area (Å²) in [5, 5.41) is 20.6. The summed E-state index contributed by atoms with van der Waals surface area (Å²) in [6.07, 6.45) is 7.60. The fraction of sp³-hybridized carbons (Fsp3) is 0.435. The second-order valence-electron chi connectivity index (χ2n) is 8.89. The van der Waals surface area contributed by atoms with Crippen LogP contribution in [-0.4, -0.2) is 50.6 Å². The maximum Gasteiger partial charge on any atom is 0.177 e. The van der Waals surface area contributed by atoms with Gasteiger partial charge in [-0.25, -0.2) is 4.98 Å². The quantitative estimate of drug-likeness (QED) is 0.455. The SMILES string of the molecule is C[S+]([O-])Cc1cc(Nc2cc(NC3CC3)n3ncc(C#N)c3n2)ccc1N1CCC[C@@H](N)C1. The number of nitrogens with one attached hydrogen (secondary N) is 2. The summed E-state index contributed by atoms with van der Waals surface area (Å²) in [7, 11) is 0.